The summed E-state index contributed by atoms with van der Waals surface area (Å²) in [5.41, 5.74) is 1.15. The third-order valence-electron chi connectivity index (χ3n) is 6.29. The van der Waals surface area contributed by atoms with E-state index in [1.165, 1.54) is 19.2 Å². The smallest absolute Gasteiger partial charge is 0.280 e. The molecule has 10 nitrogen and oxygen atoms in total. The Balaban J connectivity index is 1.37. The maximum Gasteiger partial charge on any atom is 0.280 e. The lowest BCUT2D eigenvalue weighted by molar-refractivity contribution is -0.125. The molecule has 3 heterocycles. The number of nitrogens with one attached hydrogen (secondary N) is 3. The highest BCUT2D eigenvalue weighted by molar-refractivity contribution is 7.87. The number of carbonyl (C=O) groups excluding carboxylic acids is 2. The molecule has 2 aliphatic heterocycles. The fourth-order valence-electron chi connectivity index (χ4n) is 4.26. The van der Waals surface area contributed by atoms with Crippen LogP contribution in [0.1, 0.15) is 19.3 Å². The summed E-state index contributed by atoms with van der Waals surface area (Å²) in [5.74, 6) is -1.81. The number of nitrogens with zero attached hydrogens (tertiary/aromatic N) is 3. The normalized spacial score (nSPS) is 22.7. The summed E-state index contributed by atoms with van der Waals surface area (Å²) in [5, 5.41) is 5.66. The van der Waals surface area contributed by atoms with Crippen LogP contribution in [-0.4, -0.2) is 67.8 Å². The lowest BCUT2D eigenvalue weighted by atomic mass is 10.0. The average molecular weight is 559 g/mol. The monoisotopic (exact) mass is 558 g/mol. The highest BCUT2D eigenvalue weighted by Gasteiger charge is 2.43. The number of piperidine rings is 1. The summed E-state index contributed by atoms with van der Waals surface area (Å²) in [6.07, 6.45) is 2.85. The van der Waals surface area contributed by atoms with Crippen LogP contribution in [0.15, 0.2) is 36.5 Å². The summed E-state index contributed by atoms with van der Waals surface area (Å²) in [6.45, 7) is 1.35. The lowest BCUT2D eigenvalue weighted by Gasteiger charge is -2.37. The summed E-state index contributed by atoms with van der Waals surface area (Å²) < 4.78 is 41.9. The lowest BCUT2D eigenvalue weighted by Crippen LogP contribution is -2.63. The molecule has 2 aromatic rings. The number of benzene rings is 1. The Hall–Kier alpha value is -2.51. The van der Waals surface area contributed by atoms with E-state index in [1.807, 2.05) is 6.07 Å². The van der Waals surface area contributed by atoms with Crippen LogP contribution in [0.4, 0.5) is 15.8 Å². The van der Waals surface area contributed by atoms with Crippen molar-refractivity contribution in [2.24, 2.45) is 0 Å². The van der Waals surface area contributed by atoms with Crippen molar-refractivity contribution in [1.82, 2.24) is 19.3 Å². The number of halogens is 3. The van der Waals surface area contributed by atoms with E-state index in [4.69, 9.17) is 23.2 Å². The van der Waals surface area contributed by atoms with Crippen LogP contribution in [0.3, 0.4) is 0 Å². The molecular weight excluding hydrogens is 534 g/mol. The largest absolute Gasteiger partial charge is 0.371 e. The molecule has 1 aromatic carbocycles. The number of aromatic nitrogens is 1. The van der Waals surface area contributed by atoms with E-state index in [0.29, 0.717) is 31.1 Å². The predicted octanol–water partition coefficient (Wildman–Crippen LogP) is 2.16. The van der Waals surface area contributed by atoms with E-state index in [0.717, 1.165) is 16.1 Å². The molecule has 0 bridgehead atoms. The van der Waals surface area contributed by atoms with E-state index in [-0.39, 0.29) is 23.2 Å². The molecule has 0 aliphatic carbocycles. The minimum Gasteiger partial charge on any atom is -0.371 e. The molecule has 14 heteroatoms. The fourth-order valence-corrected chi connectivity index (χ4v) is 5.85. The quantitative estimate of drug-likeness (QED) is 0.483. The van der Waals surface area contributed by atoms with Crippen LogP contribution < -0.4 is 20.3 Å². The first-order valence-electron chi connectivity index (χ1n) is 11.2. The first-order valence-corrected chi connectivity index (χ1v) is 13.4. The highest BCUT2D eigenvalue weighted by Crippen LogP contribution is 2.24. The second kappa shape index (κ2) is 10.9. The molecule has 2 amide bonds. The van der Waals surface area contributed by atoms with E-state index in [1.54, 1.807) is 12.3 Å². The van der Waals surface area contributed by atoms with Crippen molar-refractivity contribution in [3.05, 3.63) is 52.5 Å². The zero-order chi connectivity index (χ0) is 26.0. The first kappa shape index (κ1) is 26.6. The van der Waals surface area contributed by atoms with Gasteiger partial charge in [0.05, 0.1) is 5.02 Å². The van der Waals surface area contributed by atoms with Gasteiger partial charge in [-0.2, -0.15) is 17.4 Å². The van der Waals surface area contributed by atoms with Gasteiger partial charge in [0, 0.05) is 43.8 Å². The number of amides is 2. The summed E-state index contributed by atoms with van der Waals surface area (Å²) >= 11 is 11.7. The van der Waals surface area contributed by atoms with Crippen LogP contribution in [-0.2, 0) is 19.8 Å². The number of hydrogen-bond donors (Lipinski definition) is 3. The van der Waals surface area contributed by atoms with Gasteiger partial charge in [0.15, 0.2) is 0 Å². The second-order valence-corrected chi connectivity index (χ2v) is 11.2. The molecule has 2 fully saturated rings. The van der Waals surface area contributed by atoms with Crippen LogP contribution in [0.2, 0.25) is 10.2 Å². The standard InChI is InChI=1S/C22H25Cl2FN6O4S/c1-30-19(22(33)28-14-2-3-17(25)16(23)10-14)12-18(29-36(30,34)35)21(32)27-13-5-8-31(9-6-13)15-4-7-26-20(24)11-15/h2-4,7,10-11,13,18-19,29H,5-6,8-9,12H2,1H3,(H,27,32)(H,28,33). The van der Waals surface area contributed by atoms with Gasteiger partial charge in [-0.1, -0.05) is 23.2 Å². The van der Waals surface area contributed by atoms with Gasteiger partial charge in [0.1, 0.15) is 23.1 Å². The Labute approximate surface area is 218 Å². The topological polar surface area (TPSA) is 124 Å². The maximum atomic E-state index is 13.4. The maximum absolute atomic E-state index is 13.4. The summed E-state index contributed by atoms with van der Waals surface area (Å²) in [6, 6.07) is 4.83. The zero-order valence-corrected chi connectivity index (χ0v) is 21.6. The Kier molecular flexibility index (Phi) is 8.00. The van der Waals surface area contributed by atoms with Gasteiger partial charge in [-0.15, -0.1) is 0 Å². The SMILES string of the molecule is CN1C(C(=O)Nc2ccc(F)c(Cl)c2)CC(C(=O)NC2CCN(c3ccnc(Cl)c3)CC2)NS1(=O)=O. The Morgan fingerprint density at radius 2 is 1.86 bits per heavy atom. The fraction of sp³-hybridized carbons (Fsp3) is 0.409. The van der Waals surface area contributed by atoms with Crippen LogP contribution in [0.25, 0.3) is 0 Å². The molecule has 4 rings (SSSR count). The van der Waals surface area contributed by atoms with Gasteiger partial charge in [0.2, 0.25) is 11.8 Å². The predicted molar refractivity (Wildman–Crippen MR) is 135 cm³/mol. The van der Waals surface area contributed by atoms with Gasteiger partial charge in [-0.3, -0.25) is 9.59 Å². The number of pyridine rings is 1. The second-order valence-electron chi connectivity index (χ2n) is 8.67. The van der Waals surface area contributed by atoms with Crippen molar-refractivity contribution in [2.45, 2.75) is 37.4 Å². The number of carbonyl (C=O) groups is 2. The van der Waals surface area contributed by atoms with Gasteiger partial charge in [-0.25, -0.2) is 9.37 Å². The molecule has 2 saturated heterocycles. The Morgan fingerprint density at radius 1 is 1.14 bits per heavy atom. The molecule has 0 spiro atoms. The molecule has 3 N–H and O–H groups in total. The summed E-state index contributed by atoms with van der Waals surface area (Å²) in [4.78, 5) is 32.0. The van der Waals surface area contributed by atoms with Gasteiger partial charge >= 0.3 is 0 Å². The van der Waals surface area contributed by atoms with Crippen molar-refractivity contribution in [2.75, 3.05) is 30.4 Å². The van der Waals surface area contributed by atoms with Crippen molar-refractivity contribution in [1.29, 1.82) is 0 Å². The molecule has 36 heavy (non-hydrogen) atoms. The van der Waals surface area contributed by atoms with Crippen molar-refractivity contribution >= 4 is 56.6 Å². The van der Waals surface area contributed by atoms with Gasteiger partial charge in [-0.05, 0) is 49.6 Å². The Bertz CT molecular complexity index is 1260. The summed E-state index contributed by atoms with van der Waals surface area (Å²) in [7, 11) is -2.85. The molecular formula is C22H25Cl2FN6O4S. The van der Waals surface area contributed by atoms with Gasteiger partial charge in [0.25, 0.3) is 10.2 Å². The minimum absolute atomic E-state index is 0.0866. The molecule has 0 radical (unpaired) electrons. The number of anilines is 2. The number of hydrogen-bond acceptors (Lipinski definition) is 6. The molecule has 1 aromatic heterocycles. The minimum atomic E-state index is -4.10. The highest BCUT2D eigenvalue weighted by atomic mass is 35.5. The van der Waals surface area contributed by atoms with Gasteiger partial charge < -0.3 is 15.5 Å². The zero-order valence-electron chi connectivity index (χ0n) is 19.2. The molecule has 2 atom stereocenters. The van der Waals surface area contributed by atoms with Crippen LogP contribution >= 0.6 is 23.2 Å². The van der Waals surface area contributed by atoms with Crippen molar-refractivity contribution < 1.29 is 22.4 Å². The van der Waals surface area contributed by atoms with Crippen molar-refractivity contribution in [3.63, 3.8) is 0 Å². The Morgan fingerprint density at radius 3 is 2.53 bits per heavy atom. The molecule has 0 saturated carbocycles. The first-order chi connectivity index (χ1) is 17.0. The van der Waals surface area contributed by atoms with E-state index < -0.39 is 39.9 Å². The van der Waals surface area contributed by atoms with E-state index >= 15 is 0 Å². The third-order valence-corrected chi connectivity index (χ3v) is 8.38. The molecule has 2 unspecified atom stereocenters. The number of likely N-dealkylation sites (N-methyl/N-ethyl adjacent to an activating group) is 1. The average Bonchev–Trinajstić information content (AvgIpc) is 2.83. The number of rotatable bonds is 5. The molecule has 2 aliphatic rings. The van der Waals surface area contributed by atoms with E-state index in [2.05, 4.69) is 25.2 Å². The van der Waals surface area contributed by atoms with Crippen LogP contribution in [0.5, 0.6) is 0 Å². The molecule has 194 valence electrons. The third kappa shape index (κ3) is 6.06. The van der Waals surface area contributed by atoms with Crippen LogP contribution in [0, 0.1) is 5.82 Å². The van der Waals surface area contributed by atoms with Crippen molar-refractivity contribution in [3.8, 4) is 0 Å². The van der Waals surface area contributed by atoms with E-state index in [9.17, 15) is 22.4 Å².